The first-order chi connectivity index (χ1) is 24.8. The Labute approximate surface area is 294 Å². The van der Waals surface area contributed by atoms with E-state index in [1.54, 1.807) is 0 Å². The number of hydrogen-bond donors (Lipinski definition) is 0. The van der Waals surface area contributed by atoms with Gasteiger partial charge in [0.15, 0.2) is 0 Å². The van der Waals surface area contributed by atoms with Crippen molar-refractivity contribution in [1.29, 1.82) is 0 Å². The standard InChI is InChI=1S/C48H31NS/c1-3-13-32(14-4-1)34-23-26-37(27-24-34)49(38-28-25-33-15-7-8-18-36(33)31-38)46-39(35-16-5-2-6-17-35)29-30-44-45-42-21-11-9-19-40(42)41-20-10-12-22-43(41)47(45)50-48(44)46/h1-31H. The molecular weight excluding hydrogens is 623 g/mol. The van der Waals surface area contributed by atoms with Crippen LogP contribution in [0, 0.1) is 0 Å². The molecule has 0 saturated carbocycles. The molecule has 0 radical (unpaired) electrons. The van der Waals surface area contributed by atoms with E-state index in [1.165, 1.54) is 80.4 Å². The van der Waals surface area contributed by atoms with E-state index >= 15 is 0 Å². The van der Waals surface area contributed by atoms with E-state index in [9.17, 15) is 0 Å². The van der Waals surface area contributed by atoms with Crippen molar-refractivity contribution in [3.05, 3.63) is 188 Å². The predicted octanol–water partition coefficient (Wildman–Crippen LogP) is 14.3. The molecule has 0 fully saturated rings. The number of anilines is 3. The Morgan fingerprint density at radius 2 is 0.900 bits per heavy atom. The number of nitrogens with zero attached hydrogens (tertiary/aromatic N) is 1. The maximum Gasteiger partial charge on any atom is 0.0718 e. The molecule has 9 aromatic carbocycles. The number of benzene rings is 9. The zero-order valence-corrected chi connectivity index (χ0v) is 28.1. The Bertz CT molecular complexity index is 2850. The third kappa shape index (κ3) is 4.61. The van der Waals surface area contributed by atoms with Gasteiger partial charge in [-0.1, -0.05) is 164 Å². The van der Waals surface area contributed by atoms with Gasteiger partial charge in [0, 0.05) is 37.8 Å². The first-order valence-corrected chi connectivity index (χ1v) is 17.9. The highest BCUT2D eigenvalue weighted by Gasteiger charge is 2.24. The van der Waals surface area contributed by atoms with Crippen LogP contribution in [0.4, 0.5) is 17.1 Å². The Hall–Kier alpha value is -6.22. The molecule has 1 aromatic heterocycles. The number of hydrogen-bond acceptors (Lipinski definition) is 2. The lowest BCUT2D eigenvalue weighted by molar-refractivity contribution is 1.31. The molecule has 234 valence electrons. The Morgan fingerprint density at radius 3 is 1.64 bits per heavy atom. The van der Waals surface area contributed by atoms with E-state index in [2.05, 4.69) is 193 Å². The molecule has 0 unspecified atom stereocenters. The smallest absolute Gasteiger partial charge is 0.0718 e. The van der Waals surface area contributed by atoms with E-state index < -0.39 is 0 Å². The molecule has 0 aliphatic rings. The van der Waals surface area contributed by atoms with Crippen LogP contribution in [0.15, 0.2) is 188 Å². The summed E-state index contributed by atoms with van der Waals surface area (Å²) in [7, 11) is 0. The second kappa shape index (κ2) is 11.7. The summed E-state index contributed by atoms with van der Waals surface area (Å²) in [6, 6.07) is 68.6. The summed E-state index contributed by atoms with van der Waals surface area (Å²) in [5.74, 6) is 0. The molecule has 50 heavy (non-hydrogen) atoms. The molecule has 0 spiro atoms. The van der Waals surface area contributed by atoms with Crippen molar-refractivity contribution < 1.29 is 0 Å². The van der Waals surface area contributed by atoms with Crippen LogP contribution in [0.5, 0.6) is 0 Å². The topological polar surface area (TPSA) is 3.24 Å². The summed E-state index contributed by atoms with van der Waals surface area (Å²) < 4.78 is 2.61. The highest BCUT2D eigenvalue weighted by molar-refractivity contribution is 7.27. The summed E-state index contributed by atoms with van der Waals surface area (Å²) in [4.78, 5) is 2.49. The summed E-state index contributed by atoms with van der Waals surface area (Å²) in [5.41, 5.74) is 8.28. The number of fused-ring (bicyclic) bond motifs is 9. The van der Waals surface area contributed by atoms with Crippen molar-refractivity contribution in [3.63, 3.8) is 0 Å². The predicted molar refractivity (Wildman–Crippen MR) is 217 cm³/mol. The first kappa shape index (κ1) is 28.8. The van der Waals surface area contributed by atoms with Gasteiger partial charge in [0.25, 0.3) is 0 Å². The lowest BCUT2D eigenvalue weighted by Crippen LogP contribution is -2.11. The van der Waals surface area contributed by atoms with Gasteiger partial charge in [-0.05, 0) is 67.9 Å². The molecule has 10 aromatic rings. The quantitative estimate of drug-likeness (QED) is 0.167. The van der Waals surface area contributed by atoms with Gasteiger partial charge in [0.2, 0.25) is 0 Å². The minimum absolute atomic E-state index is 1.12. The first-order valence-electron chi connectivity index (χ1n) is 17.1. The summed E-state index contributed by atoms with van der Waals surface area (Å²) in [5, 5.41) is 10.3. The lowest BCUT2D eigenvalue weighted by atomic mass is 9.95. The van der Waals surface area contributed by atoms with E-state index in [-0.39, 0.29) is 0 Å². The fourth-order valence-electron chi connectivity index (χ4n) is 7.69. The third-order valence-corrected chi connectivity index (χ3v) is 11.3. The fourth-order valence-corrected chi connectivity index (χ4v) is 9.08. The zero-order chi connectivity index (χ0) is 33.0. The van der Waals surface area contributed by atoms with Crippen LogP contribution in [0.2, 0.25) is 0 Å². The maximum atomic E-state index is 2.49. The summed E-state index contributed by atoms with van der Waals surface area (Å²) in [6.45, 7) is 0. The van der Waals surface area contributed by atoms with Crippen LogP contribution in [0.1, 0.15) is 0 Å². The molecule has 10 rings (SSSR count). The minimum Gasteiger partial charge on any atom is -0.308 e. The van der Waals surface area contributed by atoms with Crippen molar-refractivity contribution in [2.24, 2.45) is 0 Å². The van der Waals surface area contributed by atoms with Crippen molar-refractivity contribution in [2.75, 3.05) is 4.90 Å². The molecule has 0 aliphatic carbocycles. The highest BCUT2D eigenvalue weighted by atomic mass is 32.1. The maximum absolute atomic E-state index is 2.49. The van der Waals surface area contributed by atoms with Gasteiger partial charge in [-0.3, -0.25) is 0 Å². The van der Waals surface area contributed by atoms with Crippen molar-refractivity contribution in [1.82, 2.24) is 0 Å². The van der Waals surface area contributed by atoms with Crippen molar-refractivity contribution in [2.45, 2.75) is 0 Å². The van der Waals surface area contributed by atoms with Crippen LogP contribution < -0.4 is 4.90 Å². The SMILES string of the molecule is c1ccc(-c2ccc(N(c3ccc4ccccc4c3)c3c(-c4ccccc4)ccc4c3sc3c5ccccc5c5ccccc5c43)cc2)cc1. The monoisotopic (exact) mass is 653 g/mol. The third-order valence-electron chi connectivity index (χ3n) is 10.0. The molecular formula is C48H31NS. The van der Waals surface area contributed by atoms with Gasteiger partial charge in [0.05, 0.1) is 10.4 Å². The molecule has 0 amide bonds. The van der Waals surface area contributed by atoms with Crippen LogP contribution >= 0.6 is 11.3 Å². The normalized spacial score (nSPS) is 11.6. The largest absolute Gasteiger partial charge is 0.308 e. The number of rotatable bonds is 5. The molecule has 2 heteroatoms. The summed E-state index contributed by atoms with van der Waals surface area (Å²) >= 11 is 1.92. The second-order valence-electron chi connectivity index (χ2n) is 12.9. The number of thiophene rings is 1. The van der Waals surface area contributed by atoms with Gasteiger partial charge in [-0.15, -0.1) is 11.3 Å². The molecule has 1 nitrogen and oxygen atoms in total. The van der Waals surface area contributed by atoms with E-state index in [1.807, 2.05) is 11.3 Å². The summed E-state index contributed by atoms with van der Waals surface area (Å²) in [6.07, 6.45) is 0. The molecule has 1 heterocycles. The zero-order valence-electron chi connectivity index (χ0n) is 27.3. The Kier molecular flexibility index (Phi) is 6.75. The van der Waals surface area contributed by atoms with Crippen LogP contribution in [-0.4, -0.2) is 0 Å². The van der Waals surface area contributed by atoms with Crippen molar-refractivity contribution in [3.8, 4) is 22.3 Å². The molecule has 0 bridgehead atoms. The van der Waals surface area contributed by atoms with Crippen LogP contribution in [0.25, 0.3) is 74.7 Å². The molecule has 0 saturated heterocycles. The van der Waals surface area contributed by atoms with E-state index in [0.717, 1.165) is 11.4 Å². The average Bonchev–Trinajstić information content (AvgIpc) is 3.60. The Morgan fingerprint density at radius 1 is 0.340 bits per heavy atom. The fraction of sp³-hybridized carbons (Fsp3) is 0. The van der Waals surface area contributed by atoms with Crippen molar-refractivity contribution >= 4 is 80.9 Å². The molecule has 0 N–H and O–H groups in total. The van der Waals surface area contributed by atoms with Gasteiger partial charge in [0.1, 0.15) is 0 Å². The lowest BCUT2D eigenvalue weighted by Gasteiger charge is -2.29. The van der Waals surface area contributed by atoms with Gasteiger partial charge < -0.3 is 4.90 Å². The minimum atomic E-state index is 1.12. The van der Waals surface area contributed by atoms with Gasteiger partial charge in [-0.2, -0.15) is 0 Å². The highest BCUT2D eigenvalue weighted by Crippen LogP contribution is 2.52. The molecule has 0 aliphatic heterocycles. The van der Waals surface area contributed by atoms with E-state index in [0.29, 0.717) is 0 Å². The van der Waals surface area contributed by atoms with E-state index in [4.69, 9.17) is 0 Å². The van der Waals surface area contributed by atoms with Crippen LogP contribution in [0.3, 0.4) is 0 Å². The average molecular weight is 654 g/mol. The Balaban J connectivity index is 1.33. The van der Waals surface area contributed by atoms with Gasteiger partial charge >= 0.3 is 0 Å². The second-order valence-corrected chi connectivity index (χ2v) is 13.9. The van der Waals surface area contributed by atoms with Crippen LogP contribution in [-0.2, 0) is 0 Å². The molecule has 0 atom stereocenters. The van der Waals surface area contributed by atoms with Gasteiger partial charge in [-0.25, -0.2) is 0 Å².